The molecule has 4 atom stereocenters. The molecule has 0 spiro atoms. The number of ether oxygens (including phenoxy) is 1. The van der Waals surface area contributed by atoms with Crippen LogP contribution < -0.4 is 11.1 Å². The zero-order valence-corrected chi connectivity index (χ0v) is 9.24. The molecule has 2 aliphatic heterocycles. The number of hydrogen-bond acceptors (Lipinski definition) is 3. The maximum atomic E-state index is 11.7. The summed E-state index contributed by atoms with van der Waals surface area (Å²) in [5.41, 5.74) is 5.75. The molecule has 3 unspecified atom stereocenters. The molecule has 2 saturated heterocycles. The fourth-order valence-electron chi connectivity index (χ4n) is 2.52. The highest BCUT2D eigenvalue weighted by Gasteiger charge is 2.41. The monoisotopic (exact) mass is 212 g/mol. The molecule has 0 aromatic heterocycles. The third-order valence-corrected chi connectivity index (χ3v) is 3.37. The van der Waals surface area contributed by atoms with Crippen LogP contribution in [0.15, 0.2) is 0 Å². The molecule has 3 N–H and O–H groups in total. The molecule has 15 heavy (non-hydrogen) atoms. The van der Waals surface area contributed by atoms with Gasteiger partial charge in [0.1, 0.15) is 0 Å². The number of nitrogens with two attached hydrogens (primary N) is 1. The standard InChI is InChI=1S/C11H20N2O2/c1-2-3-8(12)11(14)13-9-6-7-4-5-10(9)15-7/h7-10H,2-6,12H2,1H3,(H,13,14)/t7?,8-,9?,10?/m1/s1. The van der Waals surface area contributed by atoms with Crippen molar-refractivity contribution in [3.05, 3.63) is 0 Å². The molecule has 2 rings (SSSR count). The highest BCUT2D eigenvalue weighted by atomic mass is 16.5. The van der Waals surface area contributed by atoms with Gasteiger partial charge in [0.15, 0.2) is 0 Å². The molecule has 0 saturated carbocycles. The van der Waals surface area contributed by atoms with Crippen molar-refractivity contribution in [2.45, 2.75) is 63.3 Å². The number of carbonyl (C=O) groups is 1. The van der Waals surface area contributed by atoms with Gasteiger partial charge in [0.2, 0.25) is 5.91 Å². The first-order valence-corrected chi connectivity index (χ1v) is 5.92. The van der Waals surface area contributed by atoms with E-state index in [2.05, 4.69) is 5.32 Å². The second kappa shape index (κ2) is 4.49. The number of carbonyl (C=O) groups excluding carboxylic acids is 1. The number of amides is 1. The fourth-order valence-corrected chi connectivity index (χ4v) is 2.52. The molecule has 2 bridgehead atoms. The van der Waals surface area contributed by atoms with Gasteiger partial charge in [-0.2, -0.15) is 0 Å². The van der Waals surface area contributed by atoms with Crippen LogP contribution in [0.3, 0.4) is 0 Å². The predicted molar refractivity (Wildman–Crippen MR) is 57.3 cm³/mol. The van der Waals surface area contributed by atoms with Crippen LogP contribution in [0.4, 0.5) is 0 Å². The summed E-state index contributed by atoms with van der Waals surface area (Å²) in [6.45, 7) is 2.04. The quantitative estimate of drug-likeness (QED) is 0.715. The summed E-state index contributed by atoms with van der Waals surface area (Å²) in [6.07, 6.45) is 5.52. The van der Waals surface area contributed by atoms with Gasteiger partial charge in [-0.1, -0.05) is 13.3 Å². The Balaban J connectivity index is 1.79. The highest BCUT2D eigenvalue weighted by molar-refractivity contribution is 5.81. The Morgan fingerprint density at radius 3 is 2.93 bits per heavy atom. The Hall–Kier alpha value is -0.610. The van der Waals surface area contributed by atoms with Crippen molar-refractivity contribution in [1.82, 2.24) is 5.32 Å². The average Bonchev–Trinajstić information content (AvgIpc) is 2.79. The average molecular weight is 212 g/mol. The Kier molecular flexibility index (Phi) is 3.26. The summed E-state index contributed by atoms with van der Waals surface area (Å²) >= 11 is 0. The van der Waals surface area contributed by atoms with Crippen molar-refractivity contribution in [2.24, 2.45) is 5.73 Å². The van der Waals surface area contributed by atoms with Crippen LogP contribution in [-0.4, -0.2) is 30.2 Å². The van der Waals surface area contributed by atoms with Gasteiger partial charge in [-0.3, -0.25) is 4.79 Å². The van der Waals surface area contributed by atoms with Crippen LogP contribution in [0.5, 0.6) is 0 Å². The van der Waals surface area contributed by atoms with E-state index in [-0.39, 0.29) is 24.1 Å². The lowest BCUT2D eigenvalue weighted by Gasteiger charge is -2.21. The maximum Gasteiger partial charge on any atom is 0.237 e. The van der Waals surface area contributed by atoms with E-state index in [0.29, 0.717) is 6.10 Å². The number of rotatable bonds is 4. The molecule has 4 nitrogen and oxygen atoms in total. The van der Waals surface area contributed by atoms with Crippen LogP contribution in [0.2, 0.25) is 0 Å². The van der Waals surface area contributed by atoms with Gasteiger partial charge in [-0.15, -0.1) is 0 Å². The van der Waals surface area contributed by atoms with Gasteiger partial charge in [0.25, 0.3) is 0 Å². The molecule has 2 aliphatic rings. The minimum atomic E-state index is -0.353. The number of nitrogens with one attached hydrogen (secondary N) is 1. The zero-order valence-electron chi connectivity index (χ0n) is 9.24. The van der Waals surface area contributed by atoms with E-state index >= 15 is 0 Å². The zero-order chi connectivity index (χ0) is 10.8. The molecular formula is C11H20N2O2. The Morgan fingerprint density at radius 2 is 2.40 bits per heavy atom. The molecule has 2 heterocycles. The normalized spacial score (nSPS) is 35.5. The first-order valence-electron chi connectivity index (χ1n) is 5.92. The number of fused-ring (bicyclic) bond motifs is 2. The van der Waals surface area contributed by atoms with E-state index in [1.54, 1.807) is 0 Å². The van der Waals surface area contributed by atoms with E-state index < -0.39 is 0 Å². The van der Waals surface area contributed by atoms with Crippen molar-refractivity contribution < 1.29 is 9.53 Å². The van der Waals surface area contributed by atoms with Crippen molar-refractivity contribution >= 4 is 5.91 Å². The van der Waals surface area contributed by atoms with Gasteiger partial charge < -0.3 is 15.8 Å². The lowest BCUT2D eigenvalue weighted by molar-refractivity contribution is -0.123. The van der Waals surface area contributed by atoms with Gasteiger partial charge in [0, 0.05) is 0 Å². The van der Waals surface area contributed by atoms with Crippen LogP contribution in [0.25, 0.3) is 0 Å². The van der Waals surface area contributed by atoms with Gasteiger partial charge in [-0.25, -0.2) is 0 Å². The third-order valence-electron chi connectivity index (χ3n) is 3.37. The minimum absolute atomic E-state index is 0.0157. The molecule has 1 amide bonds. The SMILES string of the molecule is CCC[C@@H](N)C(=O)NC1CC2CCC1O2. The summed E-state index contributed by atoms with van der Waals surface area (Å²) in [5.74, 6) is -0.0157. The first kappa shape index (κ1) is 10.9. The summed E-state index contributed by atoms with van der Waals surface area (Å²) in [6, 6.07) is -0.145. The molecule has 0 aromatic carbocycles. The lowest BCUT2D eigenvalue weighted by atomic mass is 9.95. The smallest absolute Gasteiger partial charge is 0.237 e. The predicted octanol–water partition coefficient (Wildman–Crippen LogP) is 0.550. The lowest BCUT2D eigenvalue weighted by Crippen LogP contribution is -2.48. The van der Waals surface area contributed by atoms with Crippen LogP contribution in [0, 0.1) is 0 Å². The molecule has 2 fully saturated rings. The van der Waals surface area contributed by atoms with Crippen molar-refractivity contribution in [2.75, 3.05) is 0 Å². The number of hydrogen-bond donors (Lipinski definition) is 2. The third kappa shape index (κ3) is 2.32. The van der Waals surface area contributed by atoms with Crippen LogP contribution in [0.1, 0.15) is 39.0 Å². The van der Waals surface area contributed by atoms with E-state index in [4.69, 9.17) is 10.5 Å². The van der Waals surface area contributed by atoms with Crippen molar-refractivity contribution in [3.8, 4) is 0 Å². The van der Waals surface area contributed by atoms with E-state index in [9.17, 15) is 4.79 Å². The van der Waals surface area contributed by atoms with E-state index in [1.807, 2.05) is 6.92 Å². The highest BCUT2D eigenvalue weighted by Crippen LogP contribution is 2.34. The molecule has 4 heteroatoms. The maximum absolute atomic E-state index is 11.7. The van der Waals surface area contributed by atoms with Crippen LogP contribution >= 0.6 is 0 Å². The Morgan fingerprint density at radius 1 is 1.60 bits per heavy atom. The van der Waals surface area contributed by atoms with E-state index in [1.165, 1.54) is 0 Å². The fraction of sp³-hybridized carbons (Fsp3) is 0.909. The van der Waals surface area contributed by atoms with Crippen LogP contribution in [-0.2, 0) is 9.53 Å². The molecule has 0 aromatic rings. The molecular weight excluding hydrogens is 192 g/mol. The van der Waals surface area contributed by atoms with Gasteiger partial charge in [0.05, 0.1) is 24.3 Å². The molecule has 0 radical (unpaired) electrons. The molecule has 0 aliphatic carbocycles. The summed E-state index contributed by atoms with van der Waals surface area (Å²) in [5, 5.41) is 3.01. The minimum Gasteiger partial charge on any atom is -0.373 e. The summed E-state index contributed by atoms with van der Waals surface area (Å²) in [7, 11) is 0. The van der Waals surface area contributed by atoms with Gasteiger partial charge >= 0.3 is 0 Å². The van der Waals surface area contributed by atoms with Gasteiger partial charge in [-0.05, 0) is 25.7 Å². The first-order chi connectivity index (χ1) is 7.20. The Bertz CT molecular complexity index is 245. The largest absolute Gasteiger partial charge is 0.373 e. The Labute approximate surface area is 90.5 Å². The second-order valence-corrected chi connectivity index (χ2v) is 4.62. The van der Waals surface area contributed by atoms with Crippen molar-refractivity contribution in [1.29, 1.82) is 0 Å². The van der Waals surface area contributed by atoms with Crippen molar-refractivity contribution in [3.63, 3.8) is 0 Å². The second-order valence-electron chi connectivity index (χ2n) is 4.62. The molecule has 86 valence electrons. The topological polar surface area (TPSA) is 64.4 Å². The summed E-state index contributed by atoms with van der Waals surface area (Å²) < 4.78 is 5.67. The summed E-state index contributed by atoms with van der Waals surface area (Å²) in [4.78, 5) is 11.7. The van der Waals surface area contributed by atoms with E-state index in [0.717, 1.165) is 32.1 Å².